The van der Waals surface area contributed by atoms with Crippen molar-refractivity contribution in [1.29, 1.82) is 0 Å². The van der Waals surface area contributed by atoms with Crippen LogP contribution in [0.25, 0.3) is 5.69 Å². The van der Waals surface area contributed by atoms with Gasteiger partial charge in [-0.05, 0) is 47.9 Å². The van der Waals surface area contributed by atoms with Gasteiger partial charge in [-0.1, -0.05) is 71.9 Å². The SMILES string of the molecule is Cc1ccc(Cl)cc1-n1c(SCc2ccc(F)cc2)nnc1C(Cc1ccccc1)NC(=O)N(C)C. The quantitative estimate of drug-likeness (QED) is 0.279. The number of thioether (sulfide) groups is 1. The van der Waals surface area contributed by atoms with Gasteiger partial charge in [0.25, 0.3) is 0 Å². The normalized spacial score (nSPS) is 11.8. The van der Waals surface area contributed by atoms with Gasteiger partial charge in [-0.3, -0.25) is 4.57 Å². The molecule has 0 fully saturated rings. The summed E-state index contributed by atoms with van der Waals surface area (Å²) in [6.45, 7) is 1.99. The monoisotopic (exact) mass is 523 g/mol. The average Bonchev–Trinajstić information content (AvgIpc) is 3.29. The van der Waals surface area contributed by atoms with Crippen molar-refractivity contribution >= 4 is 29.4 Å². The van der Waals surface area contributed by atoms with Gasteiger partial charge in [-0.2, -0.15) is 0 Å². The second-order valence-corrected chi connectivity index (χ2v) is 9.99. The molecule has 0 radical (unpaired) electrons. The van der Waals surface area contributed by atoms with E-state index < -0.39 is 6.04 Å². The maximum Gasteiger partial charge on any atom is 0.317 e. The molecular formula is C27H27ClFN5OS. The molecule has 1 N–H and O–H groups in total. The zero-order valence-electron chi connectivity index (χ0n) is 20.3. The third kappa shape index (κ3) is 6.25. The Hall–Kier alpha value is -3.36. The molecule has 0 bridgehead atoms. The van der Waals surface area contributed by atoms with Crippen LogP contribution in [-0.2, 0) is 12.2 Å². The van der Waals surface area contributed by atoms with Crippen LogP contribution in [0.4, 0.5) is 9.18 Å². The maximum absolute atomic E-state index is 13.4. The summed E-state index contributed by atoms with van der Waals surface area (Å²) in [6, 6.07) is 21.3. The van der Waals surface area contributed by atoms with E-state index in [1.54, 1.807) is 26.2 Å². The topological polar surface area (TPSA) is 63.1 Å². The minimum absolute atomic E-state index is 0.228. The lowest BCUT2D eigenvalue weighted by atomic mass is 10.0. The molecule has 3 aromatic carbocycles. The van der Waals surface area contributed by atoms with Crippen molar-refractivity contribution in [3.8, 4) is 5.69 Å². The number of urea groups is 1. The van der Waals surface area contributed by atoms with E-state index in [9.17, 15) is 9.18 Å². The van der Waals surface area contributed by atoms with E-state index in [0.29, 0.717) is 28.2 Å². The van der Waals surface area contributed by atoms with Crippen molar-refractivity contribution < 1.29 is 9.18 Å². The van der Waals surface area contributed by atoms with Crippen LogP contribution >= 0.6 is 23.4 Å². The van der Waals surface area contributed by atoms with Gasteiger partial charge in [-0.15, -0.1) is 10.2 Å². The first-order valence-corrected chi connectivity index (χ1v) is 12.8. The van der Waals surface area contributed by atoms with Crippen LogP contribution in [0.3, 0.4) is 0 Å². The van der Waals surface area contributed by atoms with Crippen LogP contribution in [0.2, 0.25) is 5.02 Å². The fourth-order valence-electron chi connectivity index (χ4n) is 3.71. The molecule has 36 heavy (non-hydrogen) atoms. The first-order chi connectivity index (χ1) is 17.3. The summed E-state index contributed by atoms with van der Waals surface area (Å²) >= 11 is 7.87. The standard InChI is InChI=1S/C27H27ClFN5OS/c1-18-9-12-21(28)16-24(18)34-25(31-32-27(34)36-17-20-10-13-22(29)14-11-20)23(30-26(35)33(2)3)15-19-7-5-4-6-8-19/h4-14,16,23H,15,17H2,1-3H3,(H,30,35). The van der Waals surface area contributed by atoms with E-state index >= 15 is 0 Å². The molecule has 1 aromatic heterocycles. The number of nitrogens with one attached hydrogen (secondary N) is 1. The molecule has 0 aliphatic rings. The molecule has 1 atom stereocenters. The Labute approximate surface area is 219 Å². The first-order valence-electron chi connectivity index (χ1n) is 11.4. The molecule has 1 heterocycles. The highest BCUT2D eigenvalue weighted by atomic mass is 35.5. The molecular weight excluding hydrogens is 497 g/mol. The number of aromatic nitrogens is 3. The average molecular weight is 524 g/mol. The van der Waals surface area contributed by atoms with E-state index in [-0.39, 0.29) is 11.8 Å². The Balaban J connectivity index is 1.77. The number of carbonyl (C=O) groups is 1. The second kappa shape index (κ2) is 11.6. The summed E-state index contributed by atoms with van der Waals surface area (Å²) in [6.07, 6.45) is 0.529. The number of carbonyl (C=O) groups excluding carboxylic acids is 1. The molecule has 1 unspecified atom stereocenters. The predicted molar refractivity (Wildman–Crippen MR) is 142 cm³/mol. The van der Waals surface area contributed by atoms with Gasteiger partial charge in [0.05, 0.1) is 11.7 Å². The Bertz CT molecular complexity index is 1330. The van der Waals surface area contributed by atoms with Crippen molar-refractivity contribution in [2.75, 3.05) is 14.1 Å². The molecule has 4 rings (SSSR count). The summed E-state index contributed by atoms with van der Waals surface area (Å²) in [5.41, 5.74) is 3.84. The number of hydrogen-bond donors (Lipinski definition) is 1. The van der Waals surface area contributed by atoms with Crippen molar-refractivity contribution in [2.45, 2.75) is 30.3 Å². The number of benzene rings is 3. The van der Waals surface area contributed by atoms with Gasteiger partial charge >= 0.3 is 6.03 Å². The van der Waals surface area contributed by atoms with E-state index in [4.69, 9.17) is 11.6 Å². The highest BCUT2D eigenvalue weighted by molar-refractivity contribution is 7.98. The van der Waals surface area contributed by atoms with Gasteiger partial charge < -0.3 is 10.2 Å². The molecule has 0 aliphatic heterocycles. The summed E-state index contributed by atoms with van der Waals surface area (Å²) in [7, 11) is 3.40. The smallest absolute Gasteiger partial charge is 0.317 e. The van der Waals surface area contributed by atoms with E-state index in [1.807, 2.05) is 60.0 Å². The Kier molecular flexibility index (Phi) is 8.28. The van der Waals surface area contributed by atoms with Crippen molar-refractivity contribution in [1.82, 2.24) is 25.0 Å². The first kappa shape index (κ1) is 25.7. The molecule has 0 aliphatic carbocycles. The summed E-state index contributed by atoms with van der Waals surface area (Å²) in [4.78, 5) is 14.2. The van der Waals surface area contributed by atoms with Gasteiger partial charge in [0, 0.05) is 31.3 Å². The van der Waals surface area contributed by atoms with Crippen LogP contribution in [-0.4, -0.2) is 39.8 Å². The zero-order valence-corrected chi connectivity index (χ0v) is 21.9. The molecule has 0 spiro atoms. The van der Waals surface area contributed by atoms with Crippen LogP contribution in [0.1, 0.15) is 28.6 Å². The van der Waals surface area contributed by atoms with Gasteiger partial charge in [0.1, 0.15) is 5.82 Å². The largest absolute Gasteiger partial charge is 0.331 e. The highest BCUT2D eigenvalue weighted by Crippen LogP contribution is 2.31. The van der Waals surface area contributed by atoms with E-state index in [1.165, 1.54) is 28.8 Å². The highest BCUT2D eigenvalue weighted by Gasteiger charge is 2.26. The number of amides is 2. The third-order valence-electron chi connectivity index (χ3n) is 5.65. The lowest BCUT2D eigenvalue weighted by Gasteiger charge is -2.23. The molecule has 186 valence electrons. The maximum atomic E-state index is 13.4. The minimum Gasteiger partial charge on any atom is -0.331 e. The molecule has 6 nitrogen and oxygen atoms in total. The summed E-state index contributed by atoms with van der Waals surface area (Å²) < 4.78 is 15.3. The molecule has 0 saturated carbocycles. The van der Waals surface area contributed by atoms with Gasteiger partial charge in [-0.25, -0.2) is 9.18 Å². The van der Waals surface area contributed by atoms with E-state index in [0.717, 1.165) is 22.4 Å². The van der Waals surface area contributed by atoms with Gasteiger partial charge in [0.2, 0.25) is 0 Å². The molecule has 0 saturated heterocycles. The minimum atomic E-state index is -0.451. The van der Waals surface area contributed by atoms with Crippen LogP contribution in [0.5, 0.6) is 0 Å². The Morgan fingerprint density at radius 2 is 1.78 bits per heavy atom. The summed E-state index contributed by atoms with van der Waals surface area (Å²) in [5.74, 6) is 0.899. The lowest BCUT2D eigenvalue weighted by Crippen LogP contribution is -2.39. The van der Waals surface area contributed by atoms with Crippen molar-refractivity contribution in [3.05, 3.63) is 106 Å². The van der Waals surface area contributed by atoms with Crippen molar-refractivity contribution in [2.24, 2.45) is 0 Å². The summed E-state index contributed by atoms with van der Waals surface area (Å²) in [5, 5.41) is 13.4. The van der Waals surface area contributed by atoms with Crippen molar-refractivity contribution in [3.63, 3.8) is 0 Å². The lowest BCUT2D eigenvalue weighted by molar-refractivity contribution is 0.212. The Morgan fingerprint density at radius 3 is 2.47 bits per heavy atom. The van der Waals surface area contributed by atoms with Crippen LogP contribution < -0.4 is 5.32 Å². The third-order valence-corrected chi connectivity index (χ3v) is 6.89. The fraction of sp³-hybridized carbons (Fsp3) is 0.222. The Morgan fingerprint density at radius 1 is 1.06 bits per heavy atom. The van der Waals surface area contributed by atoms with Gasteiger partial charge in [0.15, 0.2) is 11.0 Å². The van der Waals surface area contributed by atoms with Crippen LogP contribution in [0, 0.1) is 12.7 Å². The number of halogens is 2. The number of aryl methyl sites for hydroxylation is 1. The molecule has 9 heteroatoms. The molecule has 2 amide bonds. The number of nitrogens with zero attached hydrogens (tertiary/aromatic N) is 4. The second-order valence-electron chi connectivity index (χ2n) is 8.61. The zero-order chi connectivity index (χ0) is 25.7. The number of rotatable bonds is 8. The molecule has 4 aromatic rings. The fourth-order valence-corrected chi connectivity index (χ4v) is 4.79. The van der Waals surface area contributed by atoms with Crippen LogP contribution in [0.15, 0.2) is 78.0 Å². The number of hydrogen-bond acceptors (Lipinski definition) is 4. The van der Waals surface area contributed by atoms with E-state index in [2.05, 4.69) is 15.5 Å². The predicted octanol–water partition coefficient (Wildman–Crippen LogP) is 6.22.